The number of halogens is 2. The standard InChI is InChI=1S/C16H13ClN2OS3.BrH/c1-8-5-10(17)3-4-12(8)18-16-19-13(7-22-16)11-6-14(15(20)21)23-9(11)2;/h3-7H,1-2H3,(H,18,19)(H,20,21);1H. The third-order valence-electron chi connectivity index (χ3n) is 3.34. The summed E-state index contributed by atoms with van der Waals surface area (Å²) < 4.78 is 0. The van der Waals surface area contributed by atoms with Crippen molar-refractivity contribution in [3.63, 3.8) is 0 Å². The number of thiazole rings is 1. The SMILES string of the molecule is Br.Cc1cc(Cl)ccc1Nc1nc(-c2cc(C(=O)S)sc2C)cs1. The van der Waals surface area contributed by atoms with Gasteiger partial charge in [0.25, 0.3) is 0 Å². The van der Waals surface area contributed by atoms with Crippen molar-refractivity contribution in [2.24, 2.45) is 0 Å². The predicted octanol–water partition coefficient (Wildman–Crippen LogP) is 6.53. The van der Waals surface area contributed by atoms with Crippen LogP contribution in [0.5, 0.6) is 0 Å². The molecular weight excluding hydrogens is 448 g/mol. The number of rotatable bonds is 4. The first-order valence-electron chi connectivity index (χ1n) is 6.77. The van der Waals surface area contributed by atoms with E-state index in [9.17, 15) is 4.79 Å². The van der Waals surface area contributed by atoms with Gasteiger partial charge in [0.1, 0.15) is 0 Å². The van der Waals surface area contributed by atoms with Crippen molar-refractivity contribution in [3.8, 4) is 11.3 Å². The highest BCUT2D eigenvalue weighted by Crippen LogP contribution is 2.34. The van der Waals surface area contributed by atoms with Crippen molar-refractivity contribution in [2.45, 2.75) is 13.8 Å². The molecule has 0 unspecified atom stereocenters. The zero-order valence-electron chi connectivity index (χ0n) is 12.8. The summed E-state index contributed by atoms with van der Waals surface area (Å²) >= 11 is 12.8. The lowest BCUT2D eigenvalue weighted by atomic mass is 10.2. The average molecular weight is 462 g/mol. The third-order valence-corrected chi connectivity index (χ3v) is 5.77. The highest BCUT2D eigenvalue weighted by Gasteiger charge is 2.14. The van der Waals surface area contributed by atoms with Crippen molar-refractivity contribution in [1.29, 1.82) is 0 Å². The lowest BCUT2D eigenvalue weighted by molar-refractivity contribution is 0.109. The largest absolute Gasteiger partial charge is 0.331 e. The molecule has 0 saturated carbocycles. The Balaban J connectivity index is 0.00000208. The lowest BCUT2D eigenvalue weighted by Gasteiger charge is -2.06. The molecule has 2 aromatic heterocycles. The first-order valence-corrected chi connectivity index (χ1v) is 9.29. The zero-order valence-corrected chi connectivity index (χ0v) is 17.8. The van der Waals surface area contributed by atoms with Crippen molar-refractivity contribution in [2.75, 3.05) is 5.32 Å². The Morgan fingerprint density at radius 1 is 1.29 bits per heavy atom. The summed E-state index contributed by atoms with van der Waals surface area (Å²) in [5.41, 5.74) is 3.87. The molecular formula is C16H14BrClN2OS3. The van der Waals surface area contributed by atoms with E-state index in [0.717, 1.165) is 32.5 Å². The normalized spacial score (nSPS) is 10.3. The number of carbonyl (C=O) groups is 1. The summed E-state index contributed by atoms with van der Waals surface area (Å²) in [6.07, 6.45) is 0. The van der Waals surface area contributed by atoms with Crippen LogP contribution in [-0.2, 0) is 0 Å². The Morgan fingerprint density at radius 3 is 2.67 bits per heavy atom. The van der Waals surface area contributed by atoms with Gasteiger partial charge in [0, 0.05) is 26.5 Å². The molecule has 0 aliphatic heterocycles. The second-order valence-electron chi connectivity index (χ2n) is 5.01. The molecule has 24 heavy (non-hydrogen) atoms. The number of benzene rings is 1. The van der Waals surface area contributed by atoms with Gasteiger partial charge in [-0.1, -0.05) is 24.2 Å². The molecule has 2 heterocycles. The fraction of sp³-hybridized carbons (Fsp3) is 0.125. The van der Waals surface area contributed by atoms with Crippen LogP contribution in [0, 0.1) is 13.8 Å². The van der Waals surface area contributed by atoms with Crippen molar-refractivity contribution >= 4 is 79.8 Å². The monoisotopic (exact) mass is 460 g/mol. The van der Waals surface area contributed by atoms with Gasteiger partial charge < -0.3 is 5.32 Å². The number of thiol groups is 1. The van der Waals surface area contributed by atoms with Crippen molar-refractivity contribution in [1.82, 2.24) is 4.98 Å². The Bertz CT molecular complexity index is 891. The molecule has 0 atom stereocenters. The highest BCUT2D eigenvalue weighted by molar-refractivity contribution is 8.93. The first kappa shape index (κ1) is 19.5. The maximum atomic E-state index is 11.4. The van der Waals surface area contributed by atoms with Gasteiger partial charge in [-0.3, -0.25) is 4.79 Å². The molecule has 0 spiro atoms. The number of nitrogens with one attached hydrogen (secondary N) is 1. The smallest absolute Gasteiger partial charge is 0.226 e. The molecule has 0 radical (unpaired) electrons. The molecule has 1 N–H and O–H groups in total. The van der Waals surface area contributed by atoms with Gasteiger partial charge in [0.05, 0.1) is 10.6 Å². The third kappa shape index (κ3) is 4.21. The topological polar surface area (TPSA) is 42.0 Å². The van der Waals surface area contributed by atoms with E-state index in [4.69, 9.17) is 11.6 Å². The Labute approximate surface area is 169 Å². The number of nitrogens with zero attached hydrogens (tertiary/aromatic N) is 1. The molecule has 126 valence electrons. The zero-order chi connectivity index (χ0) is 16.6. The summed E-state index contributed by atoms with van der Waals surface area (Å²) in [5.74, 6) is 0. The van der Waals surface area contributed by atoms with Crippen molar-refractivity contribution in [3.05, 3.63) is 50.0 Å². The van der Waals surface area contributed by atoms with Gasteiger partial charge in [-0.05, 0) is 43.7 Å². The molecule has 0 amide bonds. The molecule has 0 saturated heterocycles. The van der Waals surface area contributed by atoms with Crippen LogP contribution in [0.15, 0.2) is 29.6 Å². The average Bonchev–Trinajstić information content (AvgIpc) is 3.08. The predicted molar refractivity (Wildman–Crippen MR) is 113 cm³/mol. The van der Waals surface area contributed by atoms with Gasteiger partial charge >= 0.3 is 0 Å². The quantitative estimate of drug-likeness (QED) is 0.434. The number of hydrogen-bond acceptors (Lipinski definition) is 5. The summed E-state index contributed by atoms with van der Waals surface area (Å²) in [7, 11) is 0. The maximum absolute atomic E-state index is 11.4. The fourth-order valence-corrected chi connectivity index (χ4v) is 4.20. The molecule has 0 aliphatic carbocycles. The van der Waals surface area contributed by atoms with E-state index < -0.39 is 0 Å². The van der Waals surface area contributed by atoms with Gasteiger partial charge in [0.15, 0.2) is 5.13 Å². The molecule has 0 aliphatic rings. The number of anilines is 2. The van der Waals surface area contributed by atoms with Gasteiger partial charge in [-0.15, -0.1) is 39.7 Å². The Hall–Kier alpha value is -0.860. The Kier molecular flexibility index (Phi) is 6.50. The van der Waals surface area contributed by atoms with Gasteiger partial charge in [-0.2, -0.15) is 0 Å². The van der Waals surface area contributed by atoms with E-state index in [1.165, 1.54) is 22.7 Å². The van der Waals surface area contributed by atoms with Crippen LogP contribution in [0.25, 0.3) is 11.3 Å². The Morgan fingerprint density at radius 2 is 2.04 bits per heavy atom. The van der Waals surface area contributed by atoms with Crippen LogP contribution >= 0.6 is 63.9 Å². The highest BCUT2D eigenvalue weighted by atomic mass is 79.9. The van der Waals surface area contributed by atoms with E-state index in [2.05, 4.69) is 22.9 Å². The molecule has 3 rings (SSSR count). The molecule has 0 fully saturated rings. The molecule has 8 heteroatoms. The number of carbonyl (C=O) groups excluding carboxylic acids is 1. The van der Waals surface area contributed by atoms with Crippen LogP contribution in [0.4, 0.5) is 10.8 Å². The van der Waals surface area contributed by atoms with Gasteiger partial charge in [0.2, 0.25) is 5.12 Å². The maximum Gasteiger partial charge on any atom is 0.226 e. The van der Waals surface area contributed by atoms with E-state index in [1.54, 1.807) is 0 Å². The lowest BCUT2D eigenvalue weighted by Crippen LogP contribution is -1.92. The molecule has 0 bridgehead atoms. The second kappa shape index (κ2) is 8.01. The number of hydrogen-bond donors (Lipinski definition) is 2. The minimum atomic E-state index is -0.213. The molecule has 3 aromatic rings. The van der Waals surface area contributed by atoms with Crippen LogP contribution < -0.4 is 5.32 Å². The van der Waals surface area contributed by atoms with E-state index >= 15 is 0 Å². The minimum Gasteiger partial charge on any atom is -0.331 e. The van der Waals surface area contributed by atoms with E-state index in [0.29, 0.717) is 9.90 Å². The molecule has 3 nitrogen and oxygen atoms in total. The summed E-state index contributed by atoms with van der Waals surface area (Å²) in [5, 5.41) is 6.59. The first-order chi connectivity index (χ1) is 10.9. The van der Waals surface area contributed by atoms with E-state index in [-0.39, 0.29) is 22.1 Å². The summed E-state index contributed by atoms with van der Waals surface area (Å²) in [6.45, 7) is 3.98. The minimum absolute atomic E-state index is 0. The van der Waals surface area contributed by atoms with Gasteiger partial charge in [-0.25, -0.2) is 4.98 Å². The number of aromatic nitrogens is 1. The molecule has 1 aromatic carbocycles. The fourth-order valence-electron chi connectivity index (χ4n) is 2.18. The second-order valence-corrected chi connectivity index (χ2v) is 7.96. The van der Waals surface area contributed by atoms with Crippen LogP contribution in [0.3, 0.4) is 0 Å². The number of thiophene rings is 1. The van der Waals surface area contributed by atoms with Crippen LogP contribution in [0.1, 0.15) is 20.1 Å². The van der Waals surface area contributed by atoms with E-state index in [1.807, 2.05) is 43.5 Å². The summed E-state index contributed by atoms with van der Waals surface area (Å²) in [6, 6.07) is 7.54. The number of aryl methyl sites for hydroxylation is 2. The van der Waals surface area contributed by atoms with Crippen LogP contribution in [-0.4, -0.2) is 10.1 Å². The summed E-state index contributed by atoms with van der Waals surface area (Å²) in [4.78, 5) is 17.7. The van der Waals surface area contributed by atoms with Crippen LogP contribution in [0.2, 0.25) is 5.02 Å². The van der Waals surface area contributed by atoms with Crippen molar-refractivity contribution < 1.29 is 4.79 Å².